The summed E-state index contributed by atoms with van der Waals surface area (Å²) >= 11 is 5.90. The number of nitrogens with one attached hydrogen (secondary N) is 1. The fourth-order valence-electron chi connectivity index (χ4n) is 1.63. The SMILES string of the molecule is CC(Cc1cccc(Cl)c1)NC(=O)C(C)(C)S(C)(=O)=O. The molecule has 0 bridgehead atoms. The molecule has 1 N–H and O–H groups in total. The van der Waals surface area contributed by atoms with Crippen molar-refractivity contribution in [1.82, 2.24) is 5.32 Å². The Morgan fingerprint density at radius 1 is 1.40 bits per heavy atom. The molecule has 1 atom stereocenters. The number of sulfone groups is 1. The Morgan fingerprint density at radius 2 is 2.00 bits per heavy atom. The van der Waals surface area contributed by atoms with Gasteiger partial charge in [0.1, 0.15) is 4.75 Å². The highest BCUT2D eigenvalue weighted by molar-refractivity contribution is 7.92. The third-order valence-corrected chi connectivity index (χ3v) is 5.56. The summed E-state index contributed by atoms with van der Waals surface area (Å²) in [4.78, 5) is 12.1. The van der Waals surface area contributed by atoms with Gasteiger partial charge in [0.15, 0.2) is 9.84 Å². The van der Waals surface area contributed by atoms with Crippen LogP contribution >= 0.6 is 11.6 Å². The van der Waals surface area contributed by atoms with E-state index in [0.29, 0.717) is 11.4 Å². The van der Waals surface area contributed by atoms with Gasteiger partial charge in [-0.1, -0.05) is 23.7 Å². The van der Waals surface area contributed by atoms with Crippen LogP contribution in [-0.2, 0) is 21.1 Å². The quantitative estimate of drug-likeness (QED) is 0.905. The third kappa shape index (κ3) is 4.21. The molecule has 0 spiro atoms. The van der Waals surface area contributed by atoms with Gasteiger partial charge in [0.05, 0.1) is 0 Å². The van der Waals surface area contributed by atoms with Gasteiger partial charge in [-0.05, 0) is 44.9 Å². The van der Waals surface area contributed by atoms with Crippen molar-refractivity contribution in [2.45, 2.75) is 38.0 Å². The molecule has 1 amide bonds. The van der Waals surface area contributed by atoms with Crippen LogP contribution in [0.3, 0.4) is 0 Å². The Morgan fingerprint density at radius 3 is 2.50 bits per heavy atom. The Bertz CT molecular complexity index is 596. The van der Waals surface area contributed by atoms with Gasteiger partial charge in [-0.25, -0.2) is 8.42 Å². The summed E-state index contributed by atoms with van der Waals surface area (Å²) in [6, 6.07) is 7.18. The molecule has 20 heavy (non-hydrogen) atoms. The van der Waals surface area contributed by atoms with E-state index in [1.54, 1.807) is 6.07 Å². The average molecular weight is 318 g/mol. The number of hydrogen-bond acceptors (Lipinski definition) is 3. The van der Waals surface area contributed by atoms with Gasteiger partial charge in [-0.2, -0.15) is 0 Å². The van der Waals surface area contributed by atoms with Crippen molar-refractivity contribution in [1.29, 1.82) is 0 Å². The van der Waals surface area contributed by atoms with Gasteiger partial charge in [0, 0.05) is 17.3 Å². The van der Waals surface area contributed by atoms with Gasteiger partial charge in [0.2, 0.25) is 5.91 Å². The van der Waals surface area contributed by atoms with Crippen molar-refractivity contribution in [3.8, 4) is 0 Å². The van der Waals surface area contributed by atoms with Crippen LogP contribution in [0.25, 0.3) is 0 Å². The highest BCUT2D eigenvalue weighted by atomic mass is 35.5. The summed E-state index contributed by atoms with van der Waals surface area (Å²) < 4.78 is 21.8. The lowest BCUT2D eigenvalue weighted by Gasteiger charge is -2.24. The summed E-state index contributed by atoms with van der Waals surface area (Å²) in [5, 5.41) is 3.37. The van der Waals surface area contributed by atoms with Crippen LogP contribution in [0.2, 0.25) is 5.02 Å². The van der Waals surface area contributed by atoms with E-state index >= 15 is 0 Å². The first-order valence-electron chi connectivity index (χ1n) is 6.29. The largest absolute Gasteiger partial charge is 0.352 e. The molecule has 0 aliphatic heterocycles. The molecule has 0 radical (unpaired) electrons. The smallest absolute Gasteiger partial charge is 0.241 e. The highest BCUT2D eigenvalue weighted by Crippen LogP contribution is 2.16. The zero-order chi connectivity index (χ0) is 15.6. The molecule has 0 heterocycles. The van der Waals surface area contributed by atoms with Gasteiger partial charge in [-0.3, -0.25) is 4.79 Å². The maximum atomic E-state index is 12.1. The van der Waals surface area contributed by atoms with Gasteiger partial charge >= 0.3 is 0 Å². The van der Waals surface area contributed by atoms with E-state index in [-0.39, 0.29) is 6.04 Å². The zero-order valence-electron chi connectivity index (χ0n) is 12.1. The molecule has 1 aromatic carbocycles. The van der Waals surface area contributed by atoms with Crippen molar-refractivity contribution in [2.24, 2.45) is 0 Å². The number of amides is 1. The Hall–Kier alpha value is -1.07. The van der Waals surface area contributed by atoms with E-state index in [0.717, 1.165) is 11.8 Å². The summed E-state index contributed by atoms with van der Waals surface area (Å²) in [6.07, 6.45) is 1.65. The van der Waals surface area contributed by atoms with Gasteiger partial charge < -0.3 is 5.32 Å². The summed E-state index contributed by atoms with van der Waals surface area (Å²) in [5.41, 5.74) is 0.988. The molecule has 0 saturated carbocycles. The predicted molar refractivity (Wildman–Crippen MR) is 81.7 cm³/mol. The first kappa shape index (κ1) is 17.0. The monoisotopic (exact) mass is 317 g/mol. The first-order chi connectivity index (χ1) is 9.04. The molecular formula is C14H20ClNO3S. The van der Waals surface area contributed by atoms with E-state index in [4.69, 9.17) is 11.6 Å². The van der Waals surface area contributed by atoms with Gasteiger partial charge in [0.25, 0.3) is 0 Å². The predicted octanol–water partition coefficient (Wildman–Crippen LogP) is 2.21. The van der Waals surface area contributed by atoms with Crippen molar-refractivity contribution in [3.63, 3.8) is 0 Å². The van der Waals surface area contributed by atoms with E-state index < -0.39 is 20.5 Å². The maximum absolute atomic E-state index is 12.1. The summed E-state index contributed by atoms with van der Waals surface area (Å²) in [5.74, 6) is -0.491. The summed E-state index contributed by atoms with van der Waals surface area (Å²) in [6.45, 7) is 4.64. The van der Waals surface area contributed by atoms with Crippen molar-refractivity contribution >= 4 is 27.3 Å². The van der Waals surface area contributed by atoms with Crippen LogP contribution < -0.4 is 5.32 Å². The lowest BCUT2D eigenvalue weighted by molar-refractivity contribution is -0.123. The molecule has 0 fully saturated rings. The molecule has 0 aliphatic rings. The number of benzene rings is 1. The molecule has 4 nitrogen and oxygen atoms in total. The Kier molecular flexibility index (Phi) is 5.21. The highest BCUT2D eigenvalue weighted by Gasteiger charge is 2.38. The van der Waals surface area contributed by atoms with Crippen LogP contribution in [0.5, 0.6) is 0 Å². The lowest BCUT2D eigenvalue weighted by Crippen LogP contribution is -2.50. The second-order valence-corrected chi connectivity index (χ2v) is 8.49. The van der Waals surface area contributed by atoms with E-state index in [1.165, 1.54) is 13.8 Å². The van der Waals surface area contributed by atoms with E-state index in [9.17, 15) is 13.2 Å². The number of hydrogen-bond donors (Lipinski definition) is 1. The molecule has 6 heteroatoms. The minimum Gasteiger partial charge on any atom is -0.352 e. The fourth-order valence-corrected chi connectivity index (χ4v) is 2.24. The Balaban J connectivity index is 2.72. The molecule has 1 aromatic rings. The molecule has 1 unspecified atom stereocenters. The first-order valence-corrected chi connectivity index (χ1v) is 8.56. The van der Waals surface area contributed by atoms with E-state index in [2.05, 4.69) is 5.32 Å². The fraction of sp³-hybridized carbons (Fsp3) is 0.500. The van der Waals surface area contributed by atoms with Crippen molar-refractivity contribution in [3.05, 3.63) is 34.9 Å². The minimum absolute atomic E-state index is 0.179. The standard InChI is InChI=1S/C14H20ClNO3S/c1-10(8-11-6-5-7-12(15)9-11)16-13(17)14(2,3)20(4,18)19/h5-7,9-10H,8H2,1-4H3,(H,16,17). The zero-order valence-corrected chi connectivity index (χ0v) is 13.7. The van der Waals surface area contributed by atoms with E-state index in [1.807, 2.05) is 25.1 Å². The van der Waals surface area contributed by atoms with Crippen LogP contribution in [-0.4, -0.2) is 31.4 Å². The van der Waals surface area contributed by atoms with Crippen LogP contribution in [0.15, 0.2) is 24.3 Å². The van der Waals surface area contributed by atoms with Crippen LogP contribution in [0.1, 0.15) is 26.3 Å². The molecule has 0 saturated heterocycles. The number of carbonyl (C=O) groups excluding carboxylic acids is 1. The minimum atomic E-state index is -3.46. The third-order valence-electron chi connectivity index (χ3n) is 3.28. The summed E-state index contributed by atoms with van der Waals surface area (Å²) in [7, 11) is -3.46. The molecule has 0 aliphatic carbocycles. The number of rotatable bonds is 5. The molecule has 0 aromatic heterocycles. The molecule has 112 valence electrons. The number of carbonyl (C=O) groups is 1. The molecule has 1 rings (SSSR count). The second kappa shape index (κ2) is 6.14. The maximum Gasteiger partial charge on any atom is 0.241 e. The normalized spacial score (nSPS) is 13.8. The average Bonchev–Trinajstić information content (AvgIpc) is 2.26. The molecular weight excluding hydrogens is 298 g/mol. The topological polar surface area (TPSA) is 63.2 Å². The Labute approximate surface area is 125 Å². The van der Waals surface area contributed by atoms with Crippen molar-refractivity contribution < 1.29 is 13.2 Å². The van der Waals surface area contributed by atoms with Crippen LogP contribution in [0.4, 0.5) is 0 Å². The lowest BCUT2D eigenvalue weighted by atomic mass is 10.1. The second-order valence-electron chi connectivity index (χ2n) is 5.49. The van der Waals surface area contributed by atoms with Gasteiger partial charge in [-0.15, -0.1) is 0 Å². The van der Waals surface area contributed by atoms with Crippen molar-refractivity contribution in [2.75, 3.05) is 6.26 Å². The van der Waals surface area contributed by atoms with Crippen LogP contribution in [0, 0.1) is 0 Å². The number of halogens is 1.